The summed E-state index contributed by atoms with van der Waals surface area (Å²) in [5.41, 5.74) is 4.04. The molecule has 44 nitrogen and oxygen atoms in total. The summed E-state index contributed by atoms with van der Waals surface area (Å²) in [6, 6.07) is 14.2. The number of benzene rings is 2. The molecular formula is C98H175N2O42S+. The summed E-state index contributed by atoms with van der Waals surface area (Å²) in [5, 5.41) is 35.0. The average Bonchev–Trinajstić information content (AvgIpc) is 0.777. The van der Waals surface area contributed by atoms with Crippen molar-refractivity contribution in [3.05, 3.63) is 89.5 Å². The molecule has 0 radical (unpaired) electrons. The van der Waals surface area contributed by atoms with Gasteiger partial charge in [-0.3, -0.25) is 4.55 Å². The average molecular weight is 2090 g/mol. The van der Waals surface area contributed by atoms with E-state index in [1.165, 1.54) is 6.07 Å². The predicted octanol–water partition coefficient (Wildman–Crippen LogP) is 2.06. The van der Waals surface area contributed by atoms with Crippen molar-refractivity contribution in [1.82, 2.24) is 0 Å². The molecule has 2 aromatic carbocycles. The van der Waals surface area contributed by atoms with Crippen LogP contribution in [0.15, 0.2) is 83.3 Å². The Morgan fingerprint density at radius 3 is 0.636 bits per heavy atom. The highest BCUT2D eigenvalue weighted by molar-refractivity contribution is 7.86. The number of ether oxygens (including phenoxy) is 35. The second kappa shape index (κ2) is 107. The summed E-state index contributed by atoms with van der Waals surface area (Å²) in [4.78, 5) is 1.91. The van der Waals surface area contributed by atoms with Crippen molar-refractivity contribution < 1.29 is 204 Å². The molecule has 834 valence electrons. The van der Waals surface area contributed by atoms with Crippen molar-refractivity contribution in [1.29, 1.82) is 0 Å². The Morgan fingerprint density at radius 2 is 0.420 bits per heavy atom. The summed E-state index contributed by atoms with van der Waals surface area (Å²) < 4.78 is 236. The quantitative estimate of drug-likeness (QED) is 0.0359. The van der Waals surface area contributed by atoms with E-state index in [-0.39, 0.29) is 31.3 Å². The van der Waals surface area contributed by atoms with E-state index in [1.54, 1.807) is 18.2 Å². The van der Waals surface area contributed by atoms with Gasteiger partial charge in [0.05, 0.1) is 482 Å². The van der Waals surface area contributed by atoms with Crippen LogP contribution in [0.25, 0.3) is 5.57 Å². The number of rotatable bonds is 118. The van der Waals surface area contributed by atoms with Gasteiger partial charge in [-0.2, -0.15) is 8.42 Å². The topological polar surface area (TPSA) is 465 Å². The zero-order valence-electron chi connectivity index (χ0n) is 84.9. The van der Waals surface area contributed by atoms with E-state index in [1.807, 2.05) is 48.6 Å². The van der Waals surface area contributed by atoms with Gasteiger partial charge in [0.25, 0.3) is 10.1 Å². The van der Waals surface area contributed by atoms with Crippen LogP contribution in [0.1, 0.15) is 17.5 Å². The maximum atomic E-state index is 13.2. The lowest BCUT2D eigenvalue weighted by Crippen LogP contribution is -2.31. The summed E-state index contributed by atoms with van der Waals surface area (Å²) in [6.07, 6.45) is 8.57. The second-order valence-corrected chi connectivity index (χ2v) is 31.5. The first-order chi connectivity index (χ1) is 70.8. The molecule has 3 rings (SSSR count). The normalized spacial score (nSPS) is 12.3. The van der Waals surface area contributed by atoms with Gasteiger partial charge in [-0.05, 0) is 47.1 Å². The molecular weight excluding hydrogens is 1910 g/mol. The molecule has 0 aliphatic heterocycles. The van der Waals surface area contributed by atoms with Crippen LogP contribution >= 0.6 is 0 Å². The van der Waals surface area contributed by atoms with Crippen LogP contribution in [0.3, 0.4) is 0 Å². The zero-order valence-corrected chi connectivity index (χ0v) is 85.8. The maximum absolute atomic E-state index is 13.2. The van der Waals surface area contributed by atoms with Gasteiger partial charge in [0.1, 0.15) is 18.0 Å². The van der Waals surface area contributed by atoms with E-state index in [0.29, 0.717) is 517 Å². The third-order valence-corrected chi connectivity index (χ3v) is 20.1. The van der Waals surface area contributed by atoms with Crippen LogP contribution in [-0.2, 0) is 176 Å². The van der Waals surface area contributed by atoms with Crippen molar-refractivity contribution in [2.45, 2.75) is 11.3 Å². The fourth-order valence-electron chi connectivity index (χ4n) is 12.2. The first-order valence-corrected chi connectivity index (χ1v) is 51.6. The molecule has 5 N–H and O–H groups in total. The molecule has 1 aliphatic rings. The Morgan fingerprint density at radius 1 is 0.224 bits per heavy atom. The molecule has 0 atom stereocenters. The van der Waals surface area contributed by atoms with E-state index in [0.717, 1.165) is 11.4 Å². The fourth-order valence-corrected chi connectivity index (χ4v) is 12.9. The molecule has 0 bridgehead atoms. The Kier molecular flexibility index (Phi) is 99.5. The highest BCUT2D eigenvalue weighted by Gasteiger charge is 2.24. The minimum absolute atomic E-state index is 0.00800. The van der Waals surface area contributed by atoms with Crippen LogP contribution in [0.4, 0.5) is 5.69 Å². The van der Waals surface area contributed by atoms with Crippen LogP contribution in [0.2, 0.25) is 0 Å². The van der Waals surface area contributed by atoms with Crippen molar-refractivity contribution in [2.24, 2.45) is 0 Å². The highest BCUT2D eigenvalue weighted by atomic mass is 32.2. The summed E-state index contributed by atoms with van der Waals surface area (Å²) in [6.45, 7) is 31.1. The van der Waals surface area contributed by atoms with Crippen molar-refractivity contribution in [2.75, 3.05) is 520 Å². The molecule has 143 heavy (non-hydrogen) atoms. The molecule has 0 heterocycles. The molecule has 0 unspecified atom stereocenters. The number of anilines is 1. The van der Waals surface area contributed by atoms with Crippen molar-refractivity contribution >= 4 is 27.1 Å². The third-order valence-electron chi connectivity index (χ3n) is 19.2. The second-order valence-electron chi connectivity index (χ2n) is 30.1. The minimum Gasteiger partial charge on any atom is -0.394 e. The Bertz CT molecular complexity index is 3150. The Labute approximate surface area is 847 Å². The van der Waals surface area contributed by atoms with Gasteiger partial charge < -0.3 is 191 Å². The van der Waals surface area contributed by atoms with E-state index in [9.17, 15) is 13.0 Å². The lowest BCUT2D eigenvalue weighted by atomic mass is 9.90. The van der Waals surface area contributed by atoms with Crippen LogP contribution in [-0.4, -0.2) is 559 Å². The van der Waals surface area contributed by atoms with E-state index < -0.39 is 10.1 Å². The van der Waals surface area contributed by atoms with Gasteiger partial charge in [0, 0.05) is 42.9 Å². The molecule has 2 aromatic rings. The van der Waals surface area contributed by atoms with Gasteiger partial charge in [0.15, 0.2) is 12.3 Å². The van der Waals surface area contributed by atoms with E-state index >= 15 is 0 Å². The molecule has 0 aromatic heterocycles. The summed E-state index contributed by atoms with van der Waals surface area (Å²) in [7, 11) is -4.70. The Balaban J connectivity index is 1.58. The van der Waals surface area contributed by atoms with Crippen molar-refractivity contribution in [3.63, 3.8) is 0 Å². The van der Waals surface area contributed by atoms with Gasteiger partial charge in [-0.15, -0.1) is 0 Å². The number of allylic oxidation sites excluding steroid dienone is 5. The number of aliphatic hydroxyl groups is 4. The SMILES string of the molecule is O=S(=O)(O)c1ccccc1C(=C1C=CC(=[N+](CCCOCCOCCOCCOCCOCCOCCOCCOCCO)CCOCCOCCOCCOCCOCCOCCOCCOCCOCCO)C=C1)c1ccc(N(CCOCCOCCOCCOCCOCCOCCOCCOCCOCCO)CCOCCOCCOCCOCCOCCOCCOCCOCCOCCO)cc1. The number of nitrogens with zero attached hydrogens (tertiary/aromatic N) is 2. The molecule has 0 saturated heterocycles. The summed E-state index contributed by atoms with van der Waals surface area (Å²) in [5.74, 6) is 0. The van der Waals surface area contributed by atoms with E-state index in [4.69, 9.17) is 186 Å². The van der Waals surface area contributed by atoms with Crippen molar-refractivity contribution in [3.8, 4) is 0 Å². The number of hydrogen-bond donors (Lipinski definition) is 5. The minimum atomic E-state index is -4.70. The lowest BCUT2D eigenvalue weighted by Gasteiger charge is -2.25. The molecule has 45 heteroatoms. The van der Waals surface area contributed by atoms with Gasteiger partial charge in [0.2, 0.25) is 0 Å². The largest absolute Gasteiger partial charge is 0.394 e. The molecule has 1 aliphatic carbocycles. The summed E-state index contributed by atoms with van der Waals surface area (Å²) >= 11 is 0. The Hall–Kier alpha value is -4.52. The van der Waals surface area contributed by atoms with Crippen LogP contribution in [0, 0.1) is 0 Å². The highest BCUT2D eigenvalue weighted by Crippen LogP contribution is 2.35. The number of hydrogen-bond acceptors (Lipinski definition) is 42. The standard InChI is InChI=1S/C98H174N2O42S/c101-18-26-112-34-42-120-50-58-128-66-74-136-82-78-132-70-62-124-54-46-116-38-30-108-22-3-14-99(15-23-109-31-39-117-47-55-125-63-71-133-79-86-140-89-83-137-75-67-129-59-51-121-43-35-113-27-19-102)94-10-6-92(7-11-94)98(96-4-1-2-5-97(96)143(105,106)107)93-8-12-95(13-9-93)100(16-24-110-32-40-118-48-56-126-64-72-134-80-87-141-90-84-138-76-68-130-60-52-122-44-36-114-28-20-103)17-25-111-33-41-119-49-57-127-65-73-135-81-88-142-91-85-139-77-69-131-61-53-123-45-37-115-29-21-104/h1-2,4-13,101-104H,3,14-91H2/p+1. The van der Waals surface area contributed by atoms with Crippen LogP contribution < -0.4 is 4.90 Å². The molecule has 0 spiro atoms. The number of aliphatic hydroxyl groups excluding tert-OH is 4. The predicted molar refractivity (Wildman–Crippen MR) is 526 cm³/mol. The molecule has 0 amide bonds. The molecule has 0 fully saturated rings. The fraction of sp³-hybridized carbons (Fsp3) is 0.806. The van der Waals surface area contributed by atoms with E-state index in [2.05, 4.69) is 9.48 Å². The van der Waals surface area contributed by atoms with Crippen LogP contribution in [0.5, 0.6) is 0 Å². The van der Waals surface area contributed by atoms with Gasteiger partial charge in [-0.1, -0.05) is 30.3 Å². The first-order valence-electron chi connectivity index (χ1n) is 50.1. The lowest BCUT2D eigenvalue weighted by molar-refractivity contribution is -0.530. The maximum Gasteiger partial charge on any atom is 0.295 e. The van der Waals surface area contributed by atoms with Gasteiger partial charge >= 0.3 is 0 Å². The van der Waals surface area contributed by atoms with Gasteiger partial charge in [-0.25, -0.2) is 4.58 Å². The third kappa shape index (κ3) is 86.8. The monoisotopic (exact) mass is 2080 g/mol. The smallest absolute Gasteiger partial charge is 0.295 e. The molecule has 0 saturated carbocycles. The zero-order chi connectivity index (χ0) is 102. The first kappa shape index (κ1) is 133.